The van der Waals surface area contributed by atoms with Gasteiger partial charge in [0.1, 0.15) is 6.54 Å². The lowest BCUT2D eigenvalue weighted by molar-refractivity contribution is -0.146. The van der Waals surface area contributed by atoms with Gasteiger partial charge in [-0.2, -0.15) is 0 Å². The first kappa shape index (κ1) is 12.1. The summed E-state index contributed by atoms with van der Waals surface area (Å²) in [5.41, 5.74) is 0. The number of methoxy groups -OCH3 is 1. The number of esters is 1. The van der Waals surface area contributed by atoms with Gasteiger partial charge >= 0.3 is 5.97 Å². The maximum atomic E-state index is 11.4. The summed E-state index contributed by atoms with van der Waals surface area (Å²) in [7, 11) is 1.18. The van der Waals surface area contributed by atoms with Crippen LogP contribution in [0.1, 0.15) is 0 Å². The minimum atomic E-state index is -1.05. The number of nitrogens with one attached hydrogen (secondary N) is 1. The van der Waals surface area contributed by atoms with Crippen molar-refractivity contribution in [1.82, 2.24) is 20.3 Å². The molecule has 2 N–H and O–H groups in total. The van der Waals surface area contributed by atoms with Gasteiger partial charge in [-0.15, -0.1) is 5.10 Å². The highest BCUT2D eigenvalue weighted by Gasteiger charge is 2.20. The first-order chi connectivity index (χ1) is 7.67. The number of aromatic nitrogens is 3. The van der Waals surface area contributed by atoms with Crippen LogP contribution in [0.5, 0.6) is 0 Å². The second-order valence-electron chi connectivity index (χ2n) is 2.93. The summed E-state index contributed by atoms with van der Waals surface area (Å²) in [5, 5.41) is 18.3. The number of aliphatic hydroxyl groups is 1. The molecule has 0 fully saturated rings. The summed E-state index contributed by atoms with van der Waals surface area (Å²) in [4.78, 5) is 22.4. The summed E-state index contributed by atoms with van der Waals surface area (Å²) in [5.74, 6) is -1.16. The monoisotopic (exact) mass is 228 g/mol. The van der Waals surface area contributed by atoms with Crippen molar-refractivity contribution in [3.63, 3.8) is 0 Å². The van der Waals surface area contributed by atoms with E-state index in [1.165, 1.54) is 24.2 Å². The van der Waals surface area contributed by atoms with E-state index in [1.807, 2.05) is 0 Å². The number of carbonyl (C=O) groups is 2. The fourth-order valence-electron chi connectivity index (χ4n) is 1.03. The highest BCUT2D eigenvalue weighted by atomic mass is 16.5. The molecule has 0 radical (unpaired) electrons. The predicted molar refractivity (Wildman–Crippen MR) is 51.1 cm³/mol. The molecule has 0 aliphatic heterocycles. The van der Waals surface area contributed by atoms with E-state index in [4.69, 9.17) is 5.11 Å². The normalized spacial score (nSPS) is 11.9. The zero-order valence-corrected chi connectivity index (χ0v) is 8.66. The van der Waals surface area contributed by atoms with Crippen LogP contribution in [-0.2, 0) is 20.9 Å². The van der Waals surface area contributed by atoms with E-state index >= 15 is 0 Å². The average molecular weight is 228 g/mol. The van der Waals surface area contributed by atoms with Gasteiger partial charge in [-0.3, -0.25) is 4.79 Å². The van der Waals surface area contributed by atoms with Crippen LogP contribution in [0.2, 0.25) is 0 Å². The zero-order chi connectivity index (χ0) is 12.0. The number of aliphatic hydroxyl groups excluding tert-OH is 1. The Hall–Kier alpha value is -1.96. The number of nitrogens with zero attached hydrogens (tertiary/aromatic N) is 3. The Morgan fingerprint density at radius 3 is 2.88 bits per heavy atom. The van der Waals surface area contributed by atoms with Gasteiger partial charge < -0.3 is 15.2 Å². The SMILES string of the molecule is COC(=O)C(CO)NC(=O)Cn1ccnn1. The number of hydrogen-bond acceptors (Lipinski definition) is 6. The van der Waals surface area contributed by atoms with Crippen LogP contribution in [0, 0.1) is 0 Å². The molecule has 88 valence electrons. The molecule has 1 unspecified atom stereocenters. The molecule has 1 heterocycles. The van der Waals surface area contributed by atoms with E-state index in [1.54, 1.807) is 0 Å². The lowest BCUT2D eigenvalue weighted by Crippen LogP contribution is -2.45. The summed E-state index contributed by atoms with van der Waals surface area (Å²) in [6.45, 7) is -0.594. The average Bonchev–Trinajstić information content (AvgIpc) is 2.77. The number of carbonyl (C=O) groups excluding carboxylic acids is 2. The molecule has 1 rings (SSSR count). The molecule has 1 atom stereocenters. The number of rotatable bonds is 5. The molecular formula is C8H12N4O4. The third-order valence-electron chi connectivity index (χ3n) is 1.78. The molecule has 0 aromatic carbocycles. The van der Waals surface area contributed by atoms with E-state index < -0.39 is 24.5 Å². The minimum absolute atomic E-state index is 0.0759. The van der Waals surface area contributed by atoms with Gasteiger partial charge in [-0.05, 0) is 0 Å². The van der Waals surface area contributed by atoms with Crippen LogP contribution in [0.25, 0.3) is 0 Å². The van der Waals surface area contributed by atoms with Gasteiger partial charge in [0.05, 0.1) is 19.9 Å². The van der Waals surface area contributed by atoms with Crippen molar-refractivity contribution in [2.45, 2.75) is 12.6 Å². The predicted octanol–water partition coefficient (Wildman–Crippen LogP) is -2.07. The first-order valence-corrected chi connectivity index (χ1v) is 4.49. The van der Waals surface area contributed by atoms with Crippen LogP contribution in [0.15, 0.2) is 12.4 Å². The van der Waals surface area contributed by atoms with Crippen molar-refractivity contribution >= 4 is 11.9 Å². The second kappa shape index (κ2) is 5.81. The molecule has 16 heavy (non-hydrogen) atoms. The fourth-order valence-corrected chi connectivity index (χ4v) is 1.03. The lowest BCUT2D eigenvalue weighted by atomic mass is 10.3. The van der Waals surface area contributed by atoms with Gasteiger partial charge in [0, 0.05) is 6.20 Å². The highest BCUT2D eigenvalue weighted by molar-refractivity contribution is 5.84. The Kier molecular flexibility index (Phi) is 4.40. The molecule has 0 bridgehead atoms. The standard InChI is InChI=1S/C8H12N4O4/c1-16-8(15)6(5-13)10-7(14)4-12-3-2-9-11-12/h2-3,6,13H,4-5H2,1H3,(H,10,14). The van der Waals surface area contributed by atoms with Crippen molar-refractivity contribution in [2.75, 3.05) is 13.7 Å². The third-order valence-corrected chi connectivity index (χ3v) is 1.78. The Morgan fingerprint density at radius 2 is 2.38 bits per heavy atom. The van der Waals surface area contributed by atoms with Gasteiger partial charge in [-0.1, -0.05) is 5.21 Å². The molecule has 8 heteroatoms. The van der Waals surface area contributed by atoms with Crippen LogP contribution >= 0.6 is 0 Å². The molecule has 0 saturated heterocycles. The van der Waals surface area contributed by atoms with Gasteiger partial charge in [0.25, 0.3) is 0 Å². The maximum Gasteiger partial charge on any atom is 0.330 e. The van der Waals surface area contributed by atoms with E-state index in [9.17, 15) is 9.59 Å². The van der Waals surface area contributed by atoms with Crippen LogP contribution in [0.3, 0.4) is 0 Å². The van der Waals surface area contributed by atoms with Crippen molar-refractivity contribution < 1.29 is 19.4 Å². The van der Waals surface area contributed by atoms with E-state index in [0.717, 1.165) is 0 Å². The molecule has 1 aromatic rings. The summed E-state index contributed by atoms with van der Waals surface area (Å²) < 4.78 is 5.68. The molecule has 0 aliphatic rings. The van der Waals surface area contributed by atoms with Gasteiger partial charge in [-0.25, -0.2) is 9.48 Å². The molecule has 0 aliphatic carbocycles. The van der Waals surface area contributed by atoms with E-state index in [0.29, 0.717) is 0 Å². The quantitative estimate of drug-likeness (QED) is 0.561. The Morgan fingerprint density at radius 1 is 1.62 bits per heavy atom. The number of ether oxygens (including phenoxy) is 1. The van der Waals surface area contributed by atoms with Crippen molar-refractivity contribution in [3.8, 4) is 0 Å². The largest absolute Gasteiger partial charge is 0.467 e. The van der Waals surface area contributed by atoms with Gasteiger partial charge in [0.2, 0.25) is 5.91 Å². The van der Waals surface area contributed by atoms with E-state index in [2.05, 4.69) is 20.4 Å². The van der Waals surface area contributed by atoms with Crippen molar-refractivity contribution in [1.29, 1.82) is 0 Å². The molecular weight excluding hydrogens is 216 g/mol. The lowest BCUT2D eigenvalue weighted by Gasteiger charge is -2.13. The van der Waals surface area contributed by atoms with Crippen molar-refractivity contribution in [2.24, 2.45) is 0 Å². The zero-order valence-electron chi connectivity index (χ0n) is 8.66. The summed E-state index contributed by atoms with van der Waals surface area (Å²) >= 11 is 0. The summed E-state index contributed by atoms with van der Waals surface area (Å²) in [6, 6.07) is -1.05. The smallest absolute Gasteiger partial charge is 0.330 e. The summed E-state index contributed by atoms with van der Waals surface area (Å²) in [6.07, 6.45) is 2.93. The van der Waals surface area contributed by atoms with Crippen LogP contribution in [0.4, 0.5) is 0 Å². The Bertz CT molecular complexity index is 351. The molecule has 8 nitrogen and oxygen atoms in total. The second-order valence-corrected chi connectivity index (χ2v) is 2.93. The molecule has 0 saturated carbocycles. The Balaban J connectivity index is 2.46. The number of hydrogen-bond donors (Lipinski definition) is 2. The maximum absolute atomic E-state index is 11.4. The highest BCUT2D eigenvalue weighted by Crippen LogP contribution is 1.88. The van der Waals surface area contributed by atoms with Crippen molar-refractivity contribution in [3.05, 3.63) is 12.4 Å². The van der Waals surface area contributed by atoms with Crippen LogP contribution < -0.4 is 5.32 Å². The fraction of sp³-hybridized carbons (Fsp3) is 0.500. The molecule has 1 amide bonds. The molecule has 0 spiro atoms. The third kappa shape index (κ3) is 3.31. The van der Waals surface area contributed by atoms with E-state index in [-0.39, 0.29) is 6.54 Å². The minimum Gasteiger partial charge on any atom is -0.467 e. The number of amides is 1. The Labute approximate surface area is 91.2 Å². The van der Waals surface area contributed by atoms with Gasteiger partial charge in [0.15, 0.2) is 6.04 Å². The molecule has 1 aromatic heterocycles. The first-order valence-electron chi connectivity index (χ1n) is 4.49. The topological polar surface area (TPSA) is 106 Å². The van der Waals surface area contributed by atoms with Crippen LogP contribution in [-0.4, -0.2) is 51.7 Å².